The van der Waals surface area contributed by atoms with E-state index in [0.717, 1.165) is 18.2 Å². The van der Waals surface area contributed by atoms with E-state index in [1.807, 2.05) is 12.1 Å². The Morgan fingerprint density at radius 2 is 1.50 bits per heavy atom. The Kier molecular flexibility index (Phi) is 5.56. The number of nitrogens with one attached hydrogen (secondary N) is 1. The molecule has 0 aromatic heterocycles. The molecule has 3 heteroatoms. The minimum Gasteiger partial charge on any atom is -0.496 e. The predicted octanol–water partition coefficient (Wildman–Crippen LogP) is 5.29. The number of hydrogen-bond donors (Lipinski definition) is 1. The monoisotopic (exact) mass is 398 g/mol. The van der Waals surface area contributed by atoms with Crippen LogP contribution < -0.4 is 10.1 Å². The van der Waals surface area contributed by atoms with Gasteiger partial charge in [-0.2, -0.15) is 0 Å². The topological polar surface area (TPSA) is 24.5 Å². The lowest BCUT2D eigenvalue weighted by molar-refractivity contribution is 0.0112. The van der Waals surface area contributed by atoms with Gasteiger partial charge >= 0.3 is 0 Å². The lowest BCUT2D eigenvalue weighted by Gasteiger charge is -2.51. The Morgan fingerprint density at radius 3 is 2.23 bits per heavy atom. The van der Waals surface area contributed by atoms with E-state index in [-0.39, 0.29) is 0 Å². The van der Waals surface area contributed by atoms with Gasteiger partial charge in [-0.3, -0.25) is 4.90 Å². The molecule has 3 saturated heterocycles. The highest BCUT2D eigenvalue weighted by Crippen LogP contribution is 2.41. The molecular weight excluding hydrogens is 368 g/mol. The van der Waals surface area contributed by atoms with Gasteiger partial charge in [0.15, 0.2) is 0 Å². The molecule has 3 aliphatic heterocycles. The number of piperidine rings is 3. The molecule has 0 aliphatic carbocycles. The van der Waals surface area contributed by atoms with Crippen LogP contribution >= 0.6 is 0 Å². The quantitative estimate of drug-likeness (QED) is 0.611. The zero-order chi connectivity index (χ0) is 20.3. The van der Waals surface area contributed by atoms with Crippen molar-refractivity contribution in [3.05, 3.63) is 90.0 Å². The summed E-state index contributed by atoms with van der Waals surface area (Å²) in [6.45, 7) is 3.27. The average molecular weight is 399 g/mol. The Hall–Kier alpha value is -2.62. The number of methoxy groups -OCH3 is 1. The van der Waals surface area contributed by atoms with E-state index in [9.17, 15) is 0 Å². The third kappa shape index (κ3) is 3.76. The Balaban J connectivity index is 1.38. The largest absolute Gasteiger partial charge is 0.496 e. The molecule has 3 heterocycles. The first-order valence-corrected chi connectivity index (χ1v) is 11.1. The van der Waals surface area contributed by atoms with Crippen molar-refractivity contribution < 1.29 is 4.74 Å². The number of ether oxygens (including phenoxy) is 1. The van der Waals surface area contributed by atoms with Crippen molar-refractivity contribution in [2.24, 2.45) is 5.92 Å². The SMILES string of the molecule is COc1ccccc1CNC1C2CCN(CC2)C1c1ccc(-c2ccccc2)cc1. The van der Waals surface area contributed by atoms with Crippen LogP contribution in [0.5, 0.6) is 5.75 Å². The molecule has 0 radical (unpaired) electrons. The summed E-state index contributed by atoms with van der Waals surface area (Å²) >= 11 is 0. The third-order valence-corrected chi connectivity index (χ3v) is 6.90. The summed E-state index contributed by atoms with van der Waals surface area (Å²) in [7, 11) is 1.75. The minimum absolute atomic E-state index is 0.442. The lowest BCUT2D eigenvalue weighted by atomic mass is 9.76. The maximum atomic E-state index is 5.56. The van der Waals surface area contributed by atoms with Crippen LogP contribution in [0, 0.1) is 5.92 Å². The van der Waals surface area contributed by atoms with Crippen molar-refractivity contribution >= 4 is 0 Å². The number of rotatable bonds is 6. The van der Waals surface area contributed by atoms with Crippen LogP contribution in [0.15, 0.2) is 78.9 Å². The summed E-state index contributed by atoms with van der Waals surface area (Å²) in [6, 6.07) is 29.1. The highest BCUT2D eigenvalue weighted by molar-refractivity contribution is 5.63. The number of hydrogen-bond acceptors (Lipinski definition) is 3. The van der Waals surface area contributed by atoms with E-state index >= 15 is 0 Å². The number of nitrogens with zero attached hydrogens (tertiary/aromatic N) is 1. The second-order valence-corrected chi connectivity index (χ2v) is 8.52. The van der Waals surface area contributed by atoms with Crippen LogP contribution in [0.25, 0.3) is 11.1 Å². The molecule has 2 bridgehead atoms. The van der Waals surface area contributed by atoms with Crippen LogP contribution in [0.1, 0.15) is 30.0 Å². The standard InChI is InChI=1S/C27H30N2O/c1-30-25-10-6-5-9-24(25)19-28-26-22-15-17-29(18-16-22)27(26)23-13-11-21(12-14-23)20-7-3-2-4-8-20/h2-14,22,26-28H,15-19H2,1H3. The van der Waals surface area contributed by atoms with Crippen LogP contribution in [0.3, 0.4) is 0 Å². The van der Waals surface area contributed by atoms with Crippen molar-refractivity contribution in [1.82, 2.24) is 10.2 Å². The fourth-order valence-corrected chi connectivity index (χ4v) is 5.32. The zero-order valence-electron chi connectivity index (χ0n) is 17.6. The predicted molar refractivity (Wildman–Crippen MR) is 123 cm³/mol. The van der Waals surface area contributed by atoms with Crippen molar-refractivity contribution in [2.45, 2.75) is 31.5 Å². The molecule has 154 valence electrons. The molecular formula is C27H30N2O. The molecule has 30 heavy (non-hydrogen) atoms. The molecule has 0 amide bonds. The minimum atomic E-state index is 0.442. The molecule has 3 aromatic carbocycles. The molecule has 0 saturated carbocycles. The van der Waals surface area contributed by atoms with Gasteiger partial charge in [0.25, 0.3) is 0 Å². The second kappa shape index (κ2) is 8.63. The third-order valence-electron chi connectivity index (χ3n) is 6.90. The molecule has 6 rings (SSSR count). The van der Waals surface area contributed by atoms with Crippen molar-refractivity contribution in [3.63, 3.8) is 0 Å². The molecule has 1 N–H and O–H groups in total. The van der Waals surface area contributed by atoms with Gasteiger partial charge in [0, 0.05) is 18.2 Å². The molecule has 3 aromatic rings. The van der Waals surface area contributed by atoms with E-state index < -0.39 is 0 Å². The van der Waals surface area contributed by atoms with Gasteiger partial charge in [0.1, 0.15) is 5.75 Å². The molecule has 3 nitrogen and oxygen atoms in total. The lowest BCUT2D eigenvalue weighted by Crippen LogP contribution is -2.57. The van der Waals surface area contributed by atoms with Gasteiger partial charge in [0.2, 0.25) is 0 Å². The average Bonchev–Trinajstić information content (AvgIpc) is 2.84. The van der Waals surface area contributed by atoms with Crippen molar-refractivity contribution in [2.75, 3.05) is 20.2 Å². The summed E-state index contributed by atoms with van der Waals surface area (Å²) in [5, 5.41) is 3.92. The Bertz CT molecular complexity index is 962. The van der Waals surface area contributed by atoms with E-state index in [1.54, 1.807) is 7.11 Å². The zero-order valence-corrected chi connectivity index (χ0v) is 17.6. The number of fused-ring (bicyclic) bond motifs is 3. The van der Waals surface area contributed by atoms with Gasteiger partial charge in [-0.15, -0.1) is 0 Å². The van der Waals surface area contributed by atoms with Crippen molar-refractivity contribution in [3.8, 4) is 16.9 Å². The molecule has 2 atom stereocenters. The summed E-state index contributed by atoms with van der Waals surface area (Å²) in [6.07, 6.45) is 2.59. The first-order chi connectivity index (χ1) is 14.8. The van der Waals surface area contributed by atoms with Crippen LogP contribution in [0.2, 0.25) is 0 Å². The maximum absolute atomic E-state index is 5.56. The maximum Gasteiger partial charge on any atom is 0.123 e. The summed E-state index contributed by atoms with van der Waals surface area (Å²) in [5.41, 5.74) is 5.22. The van der Waals surface area contributed by atoms with E-state index in [4.69, 9.17) is 4.74 Å². The fraction of sp³-hybridized carbons (Fsp3) is 0.333. The number of benzene rings is 3. The van der Waals surface area contributed by atoms with Gasteiger partial charge < -0.3 is 10.1 Å². The first kappa shape index (κ1) is 19.3. The van der Waals surface area contributed by atoms with E-state index in [2.05, 4.69) is 76.9 Å². The molecule has 0 spiro atoms. The molecule has 3 fully saturated rings. The summed E-state index contributed by atoms with van der Waals surface area (Å²) in [4.78, 5) is 2.68. The summed E-state index contributed by atoms with van der Waals surface area (Å²) < 4.78 is 5.56. The summed E-state index contributed by atoms with van der Waals surface area (Å²) in [5.74, 6) is 1.71. The normalized spacial score (nSPS) is 25.2. The number of para-hydroxylation sites is 1. The highest BCUT2D eigenvalue weighted by Gasteiger charge is 2.42. The highest BCUT2D eigenvalue weighted by atomic mass is 16.5. The Morgan fingerprint density at radius 1 is 0.833 bits per heavy atom. The fourth-order valence-electron chi connectivity index (χ4n) is 5.32. The first-order valence-electron chi connectivity index (χ1n) is 11.1. The van der Waals surface area contributed by atoms with Crippen LogP contribution in [0.4, 0.5) is 0 Å². The Labute approximate surface area is 179 Å². The van der Waals surface area contributed by atoms with Crippen LogP contribution in [-0.2, 0) is 6.54 Å². The van der Waals surface area contributed by atoms with Gasteiger partial charge in [0.05, 0.1) is 13.2 Å². The van der Waals surface area contributed by atoms with E-state index in [0.29, 0.717) is 12.1 Å². The second-order valence-electron chi connectivity index (χ2n) is 8.52. The smallest absolute Gasteiger partial charge is 0.123 e. The van der Waals surface area contributed by atoms with Gasteiger partial charge in [-0.05, 0) is 54.6 Å². The van der Waals surface area contributed by atoms with Gasteiger partial charge in [-0.25, -0.2) is 0 Å². The molecule has 3 aliphatic rings. The molecule has 2 unspecified atom stereocenters. The van der Waals surface area contributed by atoms with Crippen LogP contribution in [-0.4, -0.2) is 31.1 Å². The van der Waals surface area contributed by atoms with E-state index in [1.165, 1.54) is 48.2 Å². The van der Waals surface area contributed by atoms with Crippen molar-refractivity contribution in [1.29, 1.82) is 0 Å². The van der Waals surface area contributed by atoms with Gasteiger partial charge in [-0.1, -0.05) is 72.8 Å².